The number of benzene rings is 2. The molecule has 4 heterocycles. The molecule has 0 spiro atoms. The van der Waals surface area contributed by atoms with Crippen molar-refractivity contribution in [3.63, 3.8) is 0 Å². The molecule has 57 heavy (non-hydrogen) atoms. The number of pyridine rings is 2. The van der Waals surface area contributed by atoms with E-state index in [1.807, 2.05) is 62.1 Å². The second-order valence-electron chi connectivity index (χ2n) is 15.6. The summed E-state index contributed by atoms with van der Waals surface area (Å²) in [6, 6.07) is 25.1. The van der Waals surface area contributed by atoms with E-state index >= 15 is 0 Å². The van der Waals surface area contributed by atoms with Crippen molar-refractivity contribution < 1.29 is 27.8 Å². The van der Waals surface area contributed by atoms with Gasteiger partial charge >= 0.3 is 6.09 Å². The van der Waals surface area contributed by atoms with Crippen LogP contribution in [0.25, 0.3) is 0 Å². The van der Waals surface area contributed by atoms with Gasteiger partial charge in [0.25, 0.3) is 0 Å². The SMILES string of the molecule is CC(C)(C)OC(=O)N1CCN(c2cccc(OCc3ccc(C#N)cc3F)n2)[C@@H]2CC[C@H]21.N#Cc1ccc(COc2cccc(N3CCN[C@@H]4CC[C@H]43)n2)c(F)c1. The van der Waals surface area contributed by atoms with Crippen LogP contribution in [0.5, 0.6) is 11.8 Å². The van der Waals surface area contributed by atoms with Crippen molar-refractivity contribution >= 4 is 17.7 Å². The standard InChI is InChI=1S/C24H27FN4O3.C19H19FN4O/c1-24(2,3)32-23(30)29-12-11-28(19-9-10-20(19)29)21-5-4-6-22(27-21)31-15-17-8-7-16(14-26)13-18(17)25;20-15-10-13(11-21)4-5-14(15)12-25-19-3-1-2-18(23-19)24-9-8-22-16-6-7-17(16)24/h4-8,13,19-20H,9-12,15H2,1-3H3;1-5,10,16-17,22H,6-9,12H2/t19-,20-;16-,17-/m11/s1. The van der Waals surface area contributed by atoms with Crippen LogP contribution in [-0.4, -0.2) is 76.9 Å². The molecule has 2 saturated heterocycles. The van der Waals surface area contributed by atoms with E-state index in [0.717, 1.165) is 37.6 Å². The first-order valence-corrected chi connectivity index (χ1v) is 19.3. The van der Waals surface area contributed by atoms with Gasteiger partial charge in [-0.1, -0.05) is 24.3 Å². The molecule has 2 saturated carbocycles. The number of rotatable bonds is 8. The average Bonchev–Trinajstić information content (AvgIpc) is 3.17. The molecule has 2 aliphatic heterocycles. The molecule has 4 fully saturated rings. The summed E-state index contributed by atoms with van der Waals surface area (Å²) in [6.45, 7) is 8.84. The average molecular weight is 777 g/mol. The molecule has 0 bridgehead atoms. The van der Waals surface area contributed by atoms with E-state index in [-0.39, 0.29) is 37.0 Å². The largest absolute Gasteiger partial charge is 0.473 e. The fraction of sp³-hybridized carbons (Fsp3) is 0.419. The van der Waals surface area contributed by atoms with Crippen LogP contribution in [0.1, 0.15) is 68.7 Å². The van der Waals surface area contributed by atoms with Gasteiger partial charge in [0, 0.05) is 61.5 Å². The summed E-state index contributed by atoms with van der Waals surface area (Å²) < 4.78 is 45.0. The molecule has 2 aromatic heterocycles. The molecule has 2 aliphatic carbocycles. The Kier molecular flexibility index (Phi) is 11.7. The molecule has 1 N–H and O–H groups in total. The lowest BCUT2D eigenvalue weighted by Crippen LogP contribution is -2.66. The van der Waals surface area contributed by atoms with Gasteiger partial charge in [0.2, 0.25) is 11.8 Å². The molecule has 0 unspecified atom stereocenters. The van der Waals surface area contributed by atoms with Crippen LogP contribution in [0.3, 0.4) is 0 Å². The zero-order valence-corrected chi connectivity index (χ0v) is 32.3. The lowest BCUT2D eigenvalue weighted by Gasteiger charge is -2.53. The molecule has 296 valence electrons. The summed E-state index contributed by atoms with van der Waals surface area (Å²) in [4.78, 5) is 28.2. The van der Waals surface area contributed by atoms with Crippen molar-refractivity contribution in [2.24, 2.45) is 0 Å². The molecule has 4 atom stereocenters. The Morgan fingerprint density at radius 1 is 0.754 bits per heavy atom. The molecule has 0 radical (unpaired) electrons. The molecule has 1 amide bonds. The van der Waals surface area contributed by atoms with Crippen molar-refractivity contribution in [2.45, 2.75) is 89.4 Å². The van der Waals surface area contributed by atoms with Gasteiger partial charge in [0.15, 0.2) is 0 Å². The first-order valence-electron chi connectivity index (χ1n) is 19.3. The van der Waals surface area contributed by atoms with Gasteiger partial charge in [0.05, 0.1) is 35.3 Å². The number of hydrogen-bond acceptors (Lipinski definition) is 11. The summed E-state index contributed by atoms with van der Waals surface area (Å²) in [5.41, 5.74) is 0.825. The lowest BCUT2D eigenvalue weighted by atomic mass is 9.82. The van der Waals surface area contributed by atoms with Gasteiger partial charge in [-0.05, 0) is 82.9 Å². The number of amides is 1. The fourth-order valence-electron chi connectivity index (χ4n) is 7.54. The van der Waals surface area contributed by atoms with E-state index in [4.69, 9.17) is 24.7 Å². The number of nitrogens with one attached hydrogen (secondary N) is 1. The number of halogens is 2. The van der Waals surface area contributed by atoms with Gasteiger partial charge in [-0.25, -0.2) is 13.6 Å². The highest BCUT2D eigenvalue weighted by Crippen LogP contribution is 2.37. The van der Waals surface area contributed by atoms with Gasteiger partial charge in [-0.15, -0.1) is 0 Å². The van der Waals surface area contributed by atoms with E-state index in [1.54, 1.807) is 36.4 Å². The van der Waals surface area contributed by atoms with E-state index in [1.165, 1.54) is 25.0 Å². The Bertz CT molecular complexity index is 2170. The minimum atomic E-state index is -0.519. The normalized spacial score (nSPS) is 20.9. The molecule has 2 aromatic carbocycles. The van der Waals surface area contributed by atoms with E-state index in [2.05, 4.69) is 25.1 Å². The van der Waals surface area contributed by atoms with Crippen molar-refractivity contribution in [2.75, 3.05) is 36.0 Å². The smallest absolute Gasteiger partial charge is 0.410 e. The highest BCUT2D eigenvalue weighted by Gasteiger charge is 2.46. The lowest BCUT2D eigenvalue weighted by molar-refractivity contribution is -0.00459. The Hall–Kier alpha value is -5.99. The summed E-state index contributed by atoms with van der Waals surface area (Å²) >= 11 is 0. The summed E-state index contributed by atoms with van der Waals surface area (Å²) in [7, 11) is 0. The zero-order valence-electron chi connectivity index (χ0n) is 32.3. The maximum Gasteiger partial charge on any atom is 0.410 e. The Labute approximate surface area is 331 Å². The van der Waals surface area contributed by atoms with Crippen molar-refractivity contribution in [1.82, 2.24) is 20.2 Å². The number of nitrogens with zero attached hydrogens (tertiary/aromatic N) is 7. The molecular formula is C43H46F2N8O4. The van der Waals surface area contributed by atoms with Crippen LogP contribution in [0.15, 0.2) is 72.8 Å². The number of nitriles is 2. The second kappa shape index (κ2) is 17.0. The monoisotopic (exact) mass is 776 g/mol. The van der Waals surface area contributed by atoms with Gasteiger partial charge in [-0.3, -0.25) is 0 Å². The number of carbonyl (C=O) groups excluding carboxylic acids is 1. The molecule has 4 aromatic rings. The molecule has 14 heteroatoms. The van der Waals surface area contributed by atoms with Crippen molar-refractivity contribution in [1.29, 1.82) is 10.5 Å². The van der Waals surface area contributed by atoms with Crippen LogP contribution >= 0.6 is 0 Å². The Balaban J connectivity index is 0.000000179. The zero-order chi connectivity index (χ0) is 40.1. The maximum atomic E-state index is 14.1. The van der Waals surface area contributed by atoms with Gasteiger partial charge in [0.1, 0.15) is 42.1 Å². The van der Waals surface area contributed by atoms with E-state index < -0.39 is 17.2 Å². The van der Waals surface area contributed by atoms with Gasteiger partial charge < -0.3 is 34.2 Å². The first-order chi connectivity index (χ1) is 27.5. The third-order valence-electron chi connectivity index (χ3n) is 10.7. The van der Waals surface area contributed by atoms with E-state index in [9.17, 15) is 13.6 Å². The second-order valence-corrected chi connectivity index (χ2v) is 15.6. The number of hydrogen-bond donors (Lipinski definition) is 1. The number of carbonyl (C=O) groups is 1. The molecular weight excluding hydrogens is 731 g/mol. The topological polar surface area (TPSA) is 140 Å². The quantitative estimate of drug-likeness (QED) is 0.201. The third-order valence-corrected chi connectivity index (χ3v) is 10.7. The Morgan fingerprint density at radius 3 is 1.77 bits per heavy atom. The van der Waals surface area contributed by atoms with Crippen molar-refractivity contribution in [3.8, 4) is 23.9 Å². The van der Waals surface area contributed by atoms with Crippen molar-refractivity contribution in [3.05, 3.63) is 107 Å². The predicted molar refractivity (Wildman–Crippen MR) is 209 cm³/mol. The van der Waals surface area contributed by atoms with Crippen LogP contribution in [0, 0.1) is 34.3 Å². The first kappa shape index (κ1) is 39.3. The molecule has 8 rings (SSSR count). The number of fused-ring (bicyclic) bond motifs is 2. The summed E-state index contributed by atoms with van der Waals surface area (Å²) in [5, 5.41) is 21.2. The maximum absolute atomic E-state index is 14.1. The fourth-order valence-corrected chi connectivity index (χ4v) is 7.54. The predicted octanol–water partition coefficient (Wildman–Crippen LogP) is 6.87. The third kappa shape index (κ3) is 9.19. The molecule has 4 aliphatic rings. The Morgan fingerprint density at radius 2 is 1.30 bits per heavy atom. The highest BCUT2D eigenvalue weighted by molar-refractivity contribution is 5.70. The van der Waals surface area contributed by atoms with Crippen LogP contribution < -0.4 is 24.6 Å². The molecule has 12 nitrogen and oxygen atoms in total. The van der Waals surface area contributed by atoms with Crippen LogP contribution in [-0.2, 0) is 18.0 Å². The summed E-state index contributed by atoms with van der Waals surface area (Å²) in [6.07, 6.45) is 4.05. The number of ether oxygens (including phenoxy) is 3. The number of anilines is 2. The minimum Gasteiger partial charge on any atom is -0.473 e. The highest BCUT2D eigenvalue weighted by atomic mass is 19.1. The van der Waals surface area contributed by atoms with Gasteiger partial charge in [-0.2, -0.15) is 20.5 Å². The number of piperazine rings is 2. The van der Waals surface area contributed by atoms with Crippen LogP contribution in [0.2, 0.25) is 0 Å². The van der Waals surface area contributed by atoms with E-state index in [0.29, 0.717) is 53.6 Å². The van der Waals surface area contributed by atoms with Crippen LogP contribution in [0.4, 0.5) is 25.2 Å². The summed E-state index contributed by atoms with van der Waals surface area (Å²) in [5.74, 6) is 1.66. The number of aromatic nitrogens is 2. The minimum absolute atomic E-state index is 0.0203.